The van der Waals surface area contributed by atoms with Gasteiger partial charge in [-0.15, -0.1) is 5.10 Å². The highest BCUT2D eigenvalue weighted by molar-refractivity contribution is 6.30. The van der Waals surface area contributed by atoms with E-state index in [9.17, 15) is 9.90 Å². The first kappa shape index (κ1) is 16.5. The van der Waals surface area contributed by atoms with Crippen LogP contribution in [-0.4, -0.2) is 50.1 Å². The summed E-state index contributed by atoms with van der Waals surface area (Å²) >= 11 is 5.96. The van der Waals surface area contributed by atoms with Gasteiger partial charge in [-0.2, -0.15) is 9.90 Å². The van der Waals surface area contributed by atoms with Gasteiger partial charge in [0.15, 0.2) is 5.69 Å². The van der Waals surface area contributed by atoms with Crippen LogP contribution in [0.3, 0.4) is 0 Å². The van der Waals surface area contributed by atoms with Crippen LogP contribution in [0.4, 0.5) is 0 Å². The number of hydrogen-bond acceptors (Lipinski definition) is 4. The Kier molecular flexibility index (Phi) is 4.53. The van der Waals surface area contributed by atoms with Crippen LogP contribution in [0.5, 0.6) is 0 Å². The third kappa shape index (κ3) is 3.84. The number of nitrogens with zero attached hydrogens (tertiary/aromatic N) is 4. The fourth-order valence-electron chi connectivity index (χ4n) is 2.13. The van der Waals surface area contributed by atoms with E-state index >= 15 is 0 Å². The van der Waals surface area contributed by atoms with Crippen molar-refractivity contribution in [1.82, 2.24) is 19.9 Å². The maximum absolute atomic E-state index is 12.4. The number of halogens is 1. The first-order valence-corrected chi connectivity index (χ1v) is 7.23. The van der Waals surface area contributed by atoms with Crippen LogP contribution in [0.1, 0.15) is 30.0 Å². The van der Waals surface area contributed by atoms with Gasteiger partial charge in [-0.05, 0) is 39.0 Å². The Morgan fingerprint density at radius 3 is 2.68 bits per heavy atom. The molecular formula is C15H19ClN4O2. The summed E-state index contributed by atoms with van der Waals surface area (Å²) in [5, 5.41) is 18.9. The van der Waals surface area contributed by atoms with Crippen molar-refractivity contribution in [2.75, 3.05) is 13.6 Å². The topological polar surface area (TPSA) is 71.2 Å². The first-order chi connectivity index (χ1) is 10.2. The fourth-order valence-corrected chi connectivity index (χ4v) is 2.31. The average molecular weight is 323 g/mol. The van der Waals surface area contributed by atoms with Crippen molar-refractivity contribution in [3.05, 3.63) is 40.7 Å². The summed E-state index contributed by atoms with van der Waals surface area (Å²) in [6, 6.07) is 7.07. The van der Waals surface area contributed by atoms with Crippen molar-refractivity contribution in [3.63, 3.8) is 0 Å². The third-order valence-corrected chi connectivity index (χ3v) is 3.23. The molecule has 22 heavy (non-hydrogen) atoms. The minimum Gasteiger partial charge on any atom is -0.389 e. The number of carbonyl (C=O) groups is 1. The summed E-state index contributed by atoms with van der Waals surface area (Å²) in [5.41, 5.74) is 0.487. The number of benzene rings is 1. The van der Waals surface area contributed by atoms with Gasteiger partial charge in [-0.3, -0.25) is 4.79 Å². The second-order valence-corrected chi connectivity index (χ2v) is 6.31. The Morgan fingerprint density at radius 1 is 1.41 bits per heavy atom. The highest BCUT2D eigenvalue weighted by Crippen LogP contribution is 2.15. The minimum absolute atomic E-state index is 0.204. The standard InChI is InChI=1S/C15H19ClN4O2/c1-10-13(14(21)19(4)9-15(2,3)22)18-20(17-10)12-7-5-6-11(16)8-12/h5-8,22H,9H2,1-4H3. The second-order valence-electron chi connectivity index (χ2n) is 5.88. The van der Waals surface area contributed by atoms with Crippen molar-refractivity contribution < 1.29 is 9.90 Å². The lowest BCUT2D eigenvalue weighted by Crippen LogP contribution is -2.40. The summed E-state index contributed by atoms with van der Waals surface area (Å²) in [6.07, 6.45) is 0. The lowest BCUT2D eigenvalue weighted by molar-refractivity contribution is 0.0364. The van der Waals surface area contributed by atoms with Crippen LogP contribution < -0.4 is 0 Å². The molecule has 0 fully saturated rings. The van der Waals surface area contributed by atoms with Crippen molar-refractivity contribution >= 4 is 17.5 Å². The lowest BCUT2D eigenvalue weighted by atomic mass is 10.1. The van der Waals surface area contributed by atoms with Crippen LogP contribution in [0, 0.1) is 6.92 Å². The second kappa shape index (κ2) is 6.06. The van der Waals surface area contributed by atoms with E-state index in [1.807, 2.05) is 0 Å². The molecule has 0 radical (unpaired) electrons. The molecule has 0 aliphatic heterocycles. The predicted octanol–water partition coefficient (Wildman–Crippen LogP) is 2.07. The zero-order chi connectivity index (χ0) is 16.5. The Balaban J connectivity index is 2.28. The van der Waals surface area contributed by atoms with E-state index in [1.54, 1.807) is 52.1 Å². The summed E-state index contributed by atoms with van der Waals surface area (Å²) < 4.78 is 0. The van der Waals surface area contributed by atoms with Crippen molar-refractivity contribution in [1.29, 1.82) is 0 Å². The number of hydrogen-bond donors (Lipinski definition) is 1. The van der Waals surface area contributed by atoms with Crippen molar-refractivity contribution in [3.8, 4) is 5.69 Å². The predicted molar refractivity (Wildman–Crippen MR) is 84.4 cm³/mol. The van der Waals surface area contributed by atoms with Gasteiger partial charge < -0.3 is 10.0 Å². The van der Waals surface area contributed by atoms with Gasteiger partial charge in [0.25, 0.3) is 5.91 Å². The molecule has 0 atom stereocenters. The SMILES string of the molecule is Cc1nn(-c2cccc(Cl)c2)nc1C(=O)N(C)CC(C)(C)O. The number of aryl methyl sites for hydroxylation is 1. The van der Waals surface area contributed by atoms with Gasteiger partial charge in [0, 0.05) is 18.6 Å². The largest absolute Gasteiger partial charge is 0.389 e. The molecule has 0 spiro atoms. The van der Waals surface area contributed by atoms with E-state index in [2.05, 4.69) is 10.2 Å². The monoisotopic (exact) mass is 322 g/mol. The van der Waals surface area contributed by atoms with Gasteiger partial charge in [0.1, 0.15) is 0 Å². The highest BCUT2D eigenvalue weighted by atomic mass is 35.5. The molecule has 2 rings (SSSR count). The number of rotatable bonds is 4. The third-order valence-electron chi connectivity index (χ3n) is 2.99. The molecular weight excluding hydrogens is 304 g/mol. The molecule has 7 heteroatoms. The van der Waals surface area contributed by atoms with Crippen molar-refractivity contribution in [2.45, 2.75) is 26.4 Å². The molecule has 1 amide bonds. The minimum atomic E-state index is -0.971. The molecule has 1 aromatic heterocycles. The molecule has 0 saturated heterocycles. The van der Waals surface area contributed by atoms with Crippen molar-refractivity contribution in [2.24, 2.45) is 0 Å². The van der Waals surface area contributed by atoms with Crippen LogP contribution in [0.25, 0.3) is 5.69 Å². The fraction of sp³-hybridized carbons (Fsp3) is 0.400. The Labute approximate surface area is 134 Å². The molecule has 0 unspecified atom stereocenters. The molecule has 2 aromatic rings. The molecule has 118 valence electrons. The summed E-state index contributed by atoms with van der Waals surface area (Å²) in [5.74, 6) is -0.284. The summed E-state index contributed by atoms with van der Waals surface area (Å²) in [6.45, 7) is 5.22. The molecule has 0 aliphatic rings. The normalized spacial score (nSPS) is 11.5. The summed E-state index contributed by atoms with van der Waals surface area (Å²) in [7, 11) is 1.62. The molecule has 0 aliphatic carbocycles. The van der Waals surface area contributed by atoms with E-state index in [1.165, 1.54) is 9.70 Å². The van der Waals surface area contributed by atoms with Gasteiger partial charge in [0.2, 0.25) is 0 Å². The van der Waals surface area contributed by atoms with Crippen LogP contribution in [0.15, 0.2) is 24.3 Å². The number of aromatic nitrogens is 3. The lowest BCUT2D eigenvalue weighted by Gasteiger charge is -2.24. The van der Waals surface area contributed by atoms with Crippen LogP contribution >= 0.6 is 11.6 Å². The number of amides is 1. The van der Waals surface area contributed by atoms with E-state index in [0.717, 1.165) is 0 Å². The highest BCUT2D eigenvalue weighted by Gasteiger charge is 2.24. The number of carbonyl (C=O) groups excluding carboxylic acids is 1. The van der Waals surface area contributed by atoms with Gasteiger partial charge in [-0.25, -0.2) is 0 Å². The quantitative estimate of drug-likeness (QED) is 0.935. The smallest absolute Gasteiger partial charge is 0.276 e. The maximum atomic E-state index is 12.4. The van der Waals surface area contributed by atoms with Gasteiger partial charge in [-0.1, -0.05) is 17.7 Å². The molecule has 1 heterocycles. The van der Waals surface area contributed by atoms with Crippen LogP contribution in [0.2, 0.25) is 5.02 Å². The molecule has 0 bridgehead atoms. The molecule has 1 aromatic carbocycles. The number of likely N-dealkylation sites (N-methyl/N-ethyl adjacent to an activating group) is 1. The van der Waals surface area contributed by atoms with E-state index in [0.29, 0.717) is 16.4 Å². The zero-order valence-corrected chi connectivity index (χ0v) is 13.8. The van der Waals surface area contributed by atoms with E-state index in [4.69, 9.17) is 11.6 Å². The van der Waals surface area contributed by atoms with E-state index < -0.39 is 5.60 Å². The maximum Gasteiger partial charge on any atom is 0.276 e. The Bertz CT molecular complexity index is 691. The van der Waals surface area contributed by atoms with Crippen LogP contribution in [-0.2, 0) is 0 Å². The average Bonchev–Trinajstić information content (AvgIpc) is 2.78. The zero-order valence-electron chi connectivity index (χ0n) is 13.0. The Morgan fingerprint density at radius 2 is 2.09 bits per heavy atom. The molecule has 0 saturated carbocycles. The van der Waals surface area contributed by atoms with E-state index in [-0.39, 0.29) is 18.1 Å². The van der Waals surface area contributed by atoms with Gasteiger partial charge >= 0.3 is 0 Å². The first-order valence-electron chi connectivity index (χ1n) is 6.85. The molecule has 6 nitrogen and oxygen atoms in total. The molecule has 1 N–H and O–H groups in total. The van der Waals surface area contributed by atoms with Gasteiger partial charge in [0.05, 0.1) is 17.0 Å². The Hall–Kier alpha value is -1.92. The number of aliphatic hydroxyl groups is 1. The summed E-state index contributed by atoms with van der Waals surface area (Å²) in [4.78, 5) is 15.2.